The molecule has 0 bridgehead atoms. The summed E-state index contributed by atoms with van der Waals surface area (Å²) in [6.07, 6.45) is 8.46. The van der Waals surface area contributed by atoms with E-state index in [1.54, 1.807) is 25.2 Å². The van der Waals surface area contributed by atoms with Crippen LogP contribution in [0.25, 0.3) is 33.6 Å². The quantitative estimate of drug-likeness (QED) is 0.138. The normalized spacial score (nSPS) is 17.8. The minimum absolute atomic E-state index is 0.0648. The highest BCUT2D eigenvalue weighted by Crippen LogP contribution is 2.34. The topological polar surface area (TPSA) is 169 Å². The molecule has 4 aromatic rings. The Kier molecular flexibility index (Phi) is 11.7. The number of hydrogen-bond donors (Lipinski definition) is 4. The molecule has 1 saturated heterocycles. The zero-order chi connectivity index (χ0) is 39.4. The lowest BCUT2D eigenvalue weighted by Crippen LogP contribution is -2.53. The van der Waals surface area contributed by atoms with Gasteiger partial charge in [0, 0.05) is 27.2 Å². The molecule has 290 valence electrons. The van der Waals surface area contributed by atoms with Crippen LogP contribution >= 0.6 is 0 Å². The van der Waals surface area contributed by atoms with Crippen molar-refractivity contribution in [2.45, 2.75) is 64.7 Å². The van der Waals surface area contributed by atoms with Crippen molar-refractivity contribution in [2.24, 2.45) is 11.8 Å². The van der Waals surface area contributed by atoms with Gasteiger partial charge >= 0.3 is 12.1 Å². The Labute approximate surface area is 321 Å². The van der Waals surface area contributed by atoms with Crippen LogP contribution in [0.3, 0.4) is 0 Å². The van der Waals surface area contributed by atoms with E-state index < -0.39 is 18.2 Å². The second-order valence-corrected chi connectivity index (χ2v) is 15.0. The molecule has 4 heterocycles. The van der Waals surface area contributed by atoms with Gasteiger partial charge in [-0.3, -0.25) is 9.59 Å². The number of imidazole rings is 2. The standard InChI is InChI=1S/C41H51N9O5/c1-24(2)34(46-40(53)48(5)6)38(51)49-20-8-10-32(49)36-42-22-30(44-36)28-16-12-26(13-17-28)27-14-18-29(19-15-27)31-23-43-37(45-31)33-11-9-21-50(33)39(52)35(25(3)4)47-41(54)55-7/h9,11-19,22-25,32-35H,8,10,20-21H2,1-7H3,(H,42,44)(H,43,45)(H,46,53)(H,47,54)/t32-,33-,34?,35-/m0/s1. The van der Waals surface area contributed by atoms with Gasteiger partial charge in [-0.15, -0.1) is 0 Å². The van der Waals surface area contributed by atoms with Gasteiger partial charge in [-0.1, -0.05) is 88.4 Å². The zero-order valence-electron chi connectivity index (χ0n) is 32.5. The number of likely N-dealkylation sites (tertiary alicyclic amines) is 1. The molecule has 55 heavy (non-hydrogen) atoms. The van der Waals surface area contributed by atoms with Crippen LogP contribution in [-0.2, 0) is 14.3 Å². The van der Waals surface area contributed by atoms with Crippen LogP contribution in [-0.4, -0.2) is 105 Å². The molecule has 1 fully saturated rings. The largest absolute Gasteiger partial charge is 0.453 e. The van der Waals surface area contributed by atoms with Gasteiger partial charge in [0.15, 0.2) is 0 Å². The molecule has 2 aromatic carbocycles. The number of carbonyl (C=O) groups is 4. The molecule has 14 heteroatoms. The van der Waals surface area contributed by atoms with Crippen LogP contribution in [0, 0.1) is 11.8 Å². The fourth-order valence-corrected chi connectivity index (χ4v) is 7.10. The molecule has 2 aromatic heterocycles. The maximum atomic E-state index is 13.7. The van der Waals surface area contributed by atoms with Crippen LogP contribution in [0.4, 0.5) is 9.59 Å². The van der Waals surface area contributed by atoms with E-state index in [4.69, 9.17) is 9.72 Å². The third kappa shape index (κ3) is 8.43. The lowest BCUT2D eigenvalue weighted by molar-refractivity contribution is -0.136. The predicted octanol–water partition coefficient (Wildman–Crippen LogP) is 5.91. The monoisotopic (exact) mass is 749 g/mol. The second kappa shape index (κ2) is 16.6. The van der Waals surface area contributed by atoms with Crippen molar-refractivity contribution in [3.63, 3.8) is 0 Å². The first-order valence-corrected chi connectivity index (χ1v) is 18.8. The highest BCUT2D eigenvalue weighted by atomic mass is 16.5. The molecular formula is C41H51N9O5. The van der Waals surface area contributed by atoms with Gasteiger partial charge in [-0.05, 0) is 46.9 Å². The Morgan fingerprint density at radius 2 is 1.27 bits per heavy atom. The first-order valence-electron chi connectivity index (χ1n) is 18.8. The van der Waals surface area contributed by atoms with E-state index in [2.05, 4.69) is 62.0 Å². The number of nitrogens with zero attached hydrogens (tertiary/aromatic N) is 5. The fraction of sp³-hybridized carbons (Fsp3) is 0.415. The minimum atomic E-state index is -0.726. The third-order valence-corrected chi connectivity index (χ3v) is 10.3. The highest BCUT2D eigenvalue weighted by molar-refractivity contribution is 5.88. The van der Waals surface area contributed by atoms with Gasteiger partial charge in [0.1, 0.15) is 29.8 Å². The number of amides is 5. The maximum absolute atomic E-state index is 13.7. The first-order chi connectivity index (χ1) is 26.4. The molecule has 0 aliphatic carbocycles. The number of alkyl carbamates (subject to hydrolysis) is 1. The minimum Gasteiger partial charge on any atom is -0.453 e. The summed E-state index contributed by atoms with van der Waals surface area (Å²) >= 11 is 0. The van der Waals surface area contributed by atoms with Crippen LogP contribution in [0.5, 0.6) is 0 Å². The summed E-state index contributed by atoms with van der Waals surface area (Å²) < 4.78 is 4.74. The Balaban J connectivity index is 1.11. The summed E-state index contributed by atoms with van der Waals surface area (Å²) in [4.78, 5) is 72.6. The third-order valence-electron chi connectivity index (χ3n) is 10.3. The number of urea groups is 1. The summed E-state index contributed by atoms with van der Waals surface area (Å²) in [6, 6.07) is 14.2. The molecule has 4 atom stereocenters. The van der Waals surface area contributed by atoms with Crippen LogP contribution in [0.2, 0.25) is 0 Å². The molecule has 5 amide bonds. The zero-order valence-corrected chi connectivity index (χ0v) is 32.5. The summed E-state index contributed by atoms with van der Waals surface area (Å²) in [6.45, 7) is 8.67. The molecule has 2 aliphatic heterocycles. The van der Waals surface area contributed by atoms with Crippen molar-refractivity contribution in [3.8, 4) is 33.6 Å². The van der Waals surface area contributed by atoms with Crippen molar-refractivity contribution < 1.29 is 23.9 Å². The average Bonchev–Trinajstić information content (AvgIpc) is 4.02. The van der Waals surface area contributed by atoms with E-state index in [-0.39, 0.29) is 41.8 Å². The summed E-state index contributed by atoms with van der Waals surface area (Å²) in [5, 5.41) is 5.55. The SMILES string of the molecule is COC(=O)N[C@H](C(=O)N1CC=C[C@H]1c1ncc(-c2ccc(-c3ccc(-c4cnc([C@@H]5CCCN5C(=O)C(NC(=O)N(C)C)C(C)C)[nH]4)cc3)cc2)[nH]1)C(C)C. The number of nitrogens with one attached hydrogen (secondary N) is 4. The first kappa shape index (κ1) is 38.8. The predicted molar refractivity (Wildman–Crippen MR) is 209 cm³/mol. The van der Waals surface area contributed by atoms with Gasteiger partial charge in [-0.25, -0.2) is 19.6 Å². The van der Waals surface area contributed by atoms with Gasteiger partial charge < -0.3 is 40.0 Å². The van der Waals surface area contributed by atoms with Gasteiger partial charge in [0.2, 0.25) is 11.8 Å². The molecular weight excluding hydrogens is 699 g/mol. The highest BCUT2D eigenvalue weighted by Gasteiger charge is 2.38. The Morgan fingerprint density at radius 1 is 0.764 bits per heavy atom. The summed E-state index contributed by atoms with van der Waals surface area (Å²) in [5.41, 5.74) is 5.73. The fourth-order valence-electron chi connectivity index (χ4n) is 7.10. The van der Waals surface area contributed by atoms with Crippen molar-refractivity contribution in [1.82, 2.24) is 45.3 Å². The van der Waals surface area contributed by atoms with Crippen molar-refractivity contribution in [2.75, 3.05) is 34.3 Å². The molecule has 1 unspecified atom stereocenters. The molecule has 4 N–H and O–H groups in total. The van der Waals surface area contributed by atoms with E-state index in [0.29, 0.717) is 18.9 Å². The Hall–Kier alpha value is -5.92. The number of benzene rings is 2. The lowest BCUT2D eigenvalue weighted by atomic mass is 10.0. The van der Waals surface area contributed by atoms with E-state index >= 15 is 0 Å². The summed E-state index contributed by atoms with van der Waals surface area (Å²) in [7, 11) is 4.60. The van der Waals surface area contributed by atoms with Gasteiger partial charge in [0.05, 0.1) is 36.9 Å². The average molecular weight is 750 g/mol. The molecule has 2 aliphatic rings. The number of aromatic amines is 2. The number of methoxy groups -OCH3 is 1. The van der Waals surface area contributed by atoms with E-state index in [1.807, 2.05) is 63.1 Å². The maximum Gasteiger partial charge on any atom is 0.407 e. The van der Waals surface area contributed by atoms with E-state index in [9.17, 15) is 19.2 Å². The molecule has 0 radical (unpaired) electrons. The molecule has 0 spiro atoms. The number of carbonyl (C=O) groups excluding carboxylic acids is 4. The van der Waals surface area contributed by atoms with Gasteiger partial charge in [0.25, 0.3) is 0 Å². The van der Waals surface area contributed by atoms with E-state index in [0.717, 1.165) is 52.3 Å². The van der Waals surface area contributed by atoms with Gasteiger partial charge in [-0.2, -0.15) is 0 Å². The number of aromatic nitrogens is 4. The lowest BCUT2D eigenvalue weighted by Gasteiger charge is -2.31. The number of H-pyrrole nitrogens is 2. The van der Waals surface area contributed by atoms with Crippen LogP contribution in [0.1, 0.15) is 64.3 Å². The van der Waals surface area contributed by atoms with Crippen molar-refractivity contribution in [3.05, 3.63) is 84.7 Å². The van der Waals surface area contributed by atoms with Crippen molar-refractivity contribution in [1.29, 1.82) is 0 Å². The number of rotatable bonds is 11. The summed E-state index contributed by atoms with van der Waals surface area (Å²) in [5.74, 6) is 0.887. The van der Waals surface area contributed by atoms with Crippen molar-refractivity contribution >= 4 is 23.9 Å². The second-order valence-electron chi connectivity index (χ2n) is 15.0. The molecule has 0 saturated carbocycles. The van der Waals surface area contributed by atoms with Crippen LogP contribution < -0.4 is 10.6 Å². The Morgan fingerprint density at radius 3 is 1.82 bits per heavy atom. The molecule has 6 rings (SSSR count). The smallest absolute Gasteiger partial charge is 0.407 e. The van der Waals surface area contributed by atoms with Crippen LogP contribution in [0.15, 0.2) is 73.1 Å². The number of hydrogen-bond acceptors (Lipinski definition) is 7. The Bertz CT molecular complexity index is 2020. The molecule has 14 nitrogen and oxygen atoms in total. The van der Waals surface area contributed by atoms with E-state index in [1.165, 1.54) is 12.0 Å². The number of ether oxygens (including phenoxy) is 1.